The van der Waals surface area contributed by atoms with E-state index in [1.54, 1.807) is 0 Å². The zero-order chi connectivity index (χ0) is 15.9. The van der Waals surface area contributed by atoms with Crippen molar-refractivity contribution in [2.75, 3.05) is 31.8 Å². The van der Waals surface area contributed by atoms with Gasteiger partial charge in [0.05, 0.1) is 5.75 Å². The highest BCUT2D eigenvalue weighted by Gasteiger charge is 2.22. The molecule has 0 radical (unpaired) electrons. The second-order valence-electron chi connectivity index (χ2n) is 5.22. The number of carbonyl (C=O) groups is 2. The molecule has 1 aliphatic heterocycles. The Balaban J connectivity index is 2.35. The van der Waals surface area contributed by atoms with Gasteiger partial charge >= 0.3 is 12.0 Å². The number of ether oxygens (including phenoxy) is 1. The van der Waals surface area contributed by atoms with Crippen molar-refractivity contribution < 1.29 is 27.9 Å². The van der Waals surface area contributed by atoms with E-state index in [9.17, 15) is 18.0 Å². The van der Waals surface area contributed by atoms with Crippen molar-refractivity contribution in [1.82, 2.24) is 10.6 Å². The van der Waals surface area contributed by atoms with Gasteiger partial charge in [-0.05, 0) is 25.2 Å². The van der Waals surface area contributed by atoms with Crippen molar-refractivity contribution in [3.05, 3.63) is 0 Å². The molecule has 0 aliphatic carbocycles. The average Bonchev–Trinajstić information content (AvgIpc) is 2.41. The van der Waals surface area contributed by atoms with Crippen LogP contribution >= 0.6 is 0 Å². The van der Waals surface area contributed by atoms with Crippen LogP contribution in [0.3, 0.4) is 0 Å². The fourth-order valence-electron chi connectivity index (χ4n) is 1.99. The second kappa shape index (κ2) is 8.18. The number of amides is 2. The van der Waals surface area contributed by atoms with Crippen LogP contribution in [0.4, 0.5) is 4.79 Å². The third-order valence-corrected chi connectivity index (χ3v) is 4.25. The third kappa shape index (κ3) is 7.86. The molecule has 2 amide bonds. The average molecular weight is 322 g/mol. The Labute approximate surface area is 124 Å². The number of carbonyl (C=O) groups excluding carboxylic acids is 1. The van der Waals surface area contributed by atoms with E-state index in [0.717, 1.165) is 19.1 Å². The second-order valence-corrected chi connectivity index (χ2v) is 7.48. The summed E-state index contributed by atoms with van der Waals surface area (Å²) in [6.07, 6.45) is 2.59. The van der Waals surface area contributed by atoms with Crippen LogP contribution in [0.25, 0.3) is 0 Å². The highest BCUT2D eigenvalue weighted by molar-refractivity contribution is 7.90. The zero-order valence-corrected chi connectivity index (χ0v) is 12.8. The topological polar surface area (TPSA) is 122 Å². The van der Waals surface area contributed by atoms with Gasteiger partial charge in [-0.2, -0.15) is 0 Å². The molecule has 1 atom stereocenters. The third-order valence-electron chi connectivity index (χ3n) is 3.27. The van der Waals surface area contributed by atoms with E-state index in [0.29, 0.717) is 25.7 Å². The molecule has 1 saturated heterocycles. The molecule has 0 bridgehead atoms. The molecule has 122 valence electrons. The number of aliphatic carboxylic acids is 1. The smallest absolute Gasteiger partial charge is 0.326 e. The Hall–Kier alpha value is -1.35. The van der Waals surface area contributed by atoms with Crippen LogP contribution in [0.2, 0.25) is 0 Å². The lowest BCUT2D eigenvalue weighted by Gasteiger charge is -2.22. The van der Waals surface area contributed by atoms with Gasteiger partial charge in [-0.15, -0.1) is 0 Å². The Morgan fingerprint density at radius 2 is 1.95 bits per heavy atom. The lowest BCUT2D eigenvalue weighted by Crippen LogP contribution is -2.48. The first-order valence-electron chi connectivity index (χ1n) is 6.80. The first-order chi connectivity index (χ1) is 9.78. The fraction of sp³-hybridized carbons (Fsp3) is 0.833. The Bertz CT molecular complexity index is 458. The zero-order valence-electron chi connectivity index (χ0n) is 12.0. The quantitative estimate of drug-likeness (QED) is 0.586. The number of carboxylic acids is 1. The first-order valence-corrected chi connectivity index (χ1v) is 8.86. The van der Waals surface area contributed by atoms with Crippen molar-refractivity contribution >= 4 is 21.8 Å². The molecule has 1 heterocycles. The molecule has 0 spiro atoms. The van der Waals surface area contributed by atoms with Gasteiger partial charge in [0.1, 0.15) is 15.9 Å². The molecule has 1 unspecified atom stereocenters. The molecule has 0 saturated carbocycles. The van der Waals surface area contributed by atoms with Crippen LogP contribution in [0.1, 0.15) is 19.3 Å². The summed E-state index contributed by atoms with van der Waals surface area (Å²) >= 11 is 0. The highest BCUT2D eigenvalue weighted by atomic mass is 32.2. The van der Waals surface area contributed by atoms with Crippen molar-refractivity contribution in [3.8, 4) is 0 Å². The van der Waals surface area contributed by atoms with Gasteiger partial charge in [-0.3, -0.25) is 0 Å². The van der Waals surface area contributed by atoms with Gasteiger partial charge in [0.2, 0.25) is 0 Å². The molecular formula is C12H22N2O6S. The minimum absolute atomic E-state index is 0.154. The summed E-state index contributed by atoms with van der Waals surface area (Å²) in [6, 6.07) is -1.81. The van der Waals surface area contributed by atoms with Crippen LogP contribution in [0.5, 0.6) is 0 Å². The van der Waals surface area contributed by atoms with Crippen LogP contribution in [-0.2, 0) is 19.4 Å². The highest BCUT2D eigenvalue weighted by Crippen LogP contribution is 2.13. The molecule has 1 aliphatic rings. The standard InChI is InChI=1S/C12H22N2O6S/c1-21(18,19)7-4-10(11(15)16)14-12(17)13-8-9-2-5-20-6-3-9/h9-10H,2-8H2,1H3,(H,15,16)(H2,13,14,17). The van der Waals surface area contributed by atoms with Crippen molar-refractivity contribution in [1.29, 1.82) is 0 Å². The number of urea groups is 1. The van der Waals surface area contributed by atoms with Crippen LogP contribution < -0.4 is 10.6 Å². The van der Waals surface area contributed by atoms with Crippen molar-refractivity contribution in [2.45, 2.75) is 25.3 Å². The summed E-state index contributed by atoms with van der Waals surface area (Å²) in [5.74, 6) is -1.21. The molecule has 3 N–H and O–H groups in total. The molecule has 9 heteroatoms. The SMILES string of the molecule is CS(=O)(=O)CCC(NC(=O)NCC1CCOCC1)C(=O)O. The molecule has 0 aromatic rings. The Morgan fingerprint density at radius 1 is 1.33 bits per heavy atom. The van der Waals surface area contributed by atoms with E-state index >= 15 is 0 Å². The molecule has 1 fully saturated rings. The predicted molar refractivity (Wildman–Crippen MR) is 75.8 cm³/mol. The summed E-state index contributed by atoms with van der Waals surface area (Å²) < 4.78 is 27.3. The summed E-state index contributed by atoms with van der Waals surface area (Å²) in [5.41, 5.74) is 0. The number of hydrogen-bond donors (Lipinski definition) is 3. The minimum Gasteiger partial charge on any atom is -0.480 e. The monoisotopic (exact) mass is 322 g/mol. The predicted octanol–water partition coefficient (Wildman–Crippen LogP) is -0.400. The largest absolute Gasteiger partial charge is 0.480 e. The van der Waals surface area contributed by atoms with Gasteiger partial charge in [-0.25, -0.2) is 18.0 Å². The minimum atomic E-state index is -3.27. The summed E-state index contributed by atoms with van der Waals surface area (Å²) in [7, 11) is -3.27. The molecule has 1 rings (SSSR count). The number of nitrogens with one attached hydrogen (secondary N) is 2. The van der Waals surface area contributed by atoms with Crippen molar-refractivity contribution in [2.24, 2.45) is 5.92 Å². The maximum Gasteiger partial charge on any atom is 0.326 e. The molecule has 8 nitrogen and oxygen atoms in total. The number of carboxylic acid groups (broad SMARTS) is 1. The lowest BCUT2D eigenvalue weighted by atomic mass is 10.0. The lowest BCUT2D eigenvalue weighted by molar-refractivity contribution is -0.139. The van der Waals surface area contributed by atoms with Gasteiger partial charge in [0.15, 0.2) is 0 Å². The van der Waals surface area contributed by atoms with E-state index in [-0.39, 0.29) is 12.2 Å². The maximum atomic E-state index is 11.7. The fourth-order valence-corrected chi connectivity index (χ4v) is 2.65. The van der Waals surface area contributed by atoms with Gasteiger partial charge in [-0.1, -0.05) is 0 Å². The van der Waals surface area contributed by atoms with Gasteiger partial charge in [0.25, 0.3) is 0 Å². The molecule has 0 aromatic carbocycles. The summed E-state index contributed by atoms with van der Waals surface area (Å²) in [6.45, 7) is 1.79. The van der Waals surface area contributed by atoms with E-state index in [2.05, 4.69) is 10.6 Å². The number of rotatable bonds is 7. The maximum absolute atomic E-state index is 11.7. The molecular weight excluding hydrogens is 300 g/mol. The number of sulfone groups is 1. The Kier molecular flexibility index (Phi) is 6.90. The summed E-state index contributed by atoms with van der Waals surface area (Å²) in [4.78, 5) is 22.7. The van der Waals surface area contributed by atoms with Gasteiger partial charge < -0.3 is 20.5 Å². The first kappa shape index (κ1) is 17.7. The van der Waals surface area contributed by atoms with Gasteiger partial charge in [0, 0.05) is 26.0 Å². The van der Waals surface area contributed by atoms with Crippen LogP contribution in [0.15, 0.2) is 0 Å². The number of hydrogen-bond acceptors (Lipinski definition) is 5. The summed E-state index contributed by atoms with van der Waals surface area (Å²) in [5, 5.41) is 13.9. The molecule has 21 heavy (non-hydrogen) atoms. The van der Waals surface area contributed by atoms with E-state index in [1.807, 2.05) is 0 Å². The normalized spacial score (nSPS) is 18.0. The van der Waals surface area contributed by atoms with E-state index < -0.39 is 27.9 Å². The van der Waals surface area contributed by atoms with Crippen LogP contribution in [0, 0.1) is 5.92 Å². The van der Waals surface area contributed by atoms with Crippen LogP contribution in [-0.4, -0.2) is 63.3 Å². The molecule has 0 aromatic heterocycles. The Morgan fingerprint density at radius 3 is 2.48 bits per heavy atom. The van der Waals surface area contributed by atoms with E-state index in [1.165, 1.54) is 0 Å². The van der Waals surface area contributed by atoms with Crippen molar-refractivity contribution in [3.63, 3.8) is 0 Å². The van der Waals surface area contributed by atoms with E-state index in [4.69, 9.17) is 9.84 Å².